The molecule has 0 unspecified atom stereocenters. The molecule has 0 radical (unpaired) electrons. The van der Waals surface area contributed by atoms with Gasteiger partial charge in [0.25, 0.3) is 0 Å². The molecule has 3 rings (SSSR count). The fourth-order valence-electron chi connectivity index (χ4n) is 2.58. The van der Waals surface area contributed by atoms with E-state index in [2.05, 4.69) is 10.4 Å². The fourth-order valence-corrected chi connectivity index (χ4v) is 3.01. The summed E-state index contributed by atoms with van der Waals surface area (Å²) >= 11 is 12.1. The topological polar surface area (TPSA) is 46.9 Å². The van der Waals surface area contributed by atoms with Crippen molar-refractivity contribution in [2.24, 2.45) is 0 Å². The van der Waals surface area contributed by atoms with Gasteiger partial charge in [0.05, 0.1) is 23.3 Å². The lowest BCUT2D eigenvalue weighted by atomic mass is 10.1. The van der Waals surface area contributed by atoms with E-state index in [0.29, 0.717) is 29.6 Å². The molecular weight excluding hydrogens is 345 g/mol. The molecule has 0 aliphatic heterocycles. The lowest BCUT2D eigenvalue weighted by Crippen LogP contribution is -2.26. The van der Waals surface area contributed by atoms with Crippen LogP contribution in [-0.4, -0.2) is 22.2 Å². The first-order valence-electron chi connectivity index (χ1n) is 7.74. The van der Waals surface area contributed by atoms with Gasteiger partial charge in [-0.1, -0.05) is 41.4 Å². The van der Waals surface area contributed by atoms with E-state index in [4.69, 9.17) is 23.2 Å². The number of fused-ring (bicyclic) bond motifs is 1. The van der Waals surface area contributed by atoms with Crippen molar-refractivity contribution in [3.05, 3.63) is 64.3 Å². The summed E-state index contributed by atoms with van der Waals surface area (Å²) in [6, 6.07) is 13.3. The molecule has 0 aliphatic rings. The first-order chi connectivity index (χ1) is 11.6. The maximum atomic E-state index is 12.0. The minimum absolute atomic E-state index is 0.00251. The molecule has 0 spiro atoms. The number of nitrogens with one attached hydrogen (secondary N) is 1. The highest BCUT2D eigenvalue weighted by Gasteiger charge is 2.07. The summed E-state index contributed by atoms with van der Waals surface area (Å²) in [4.78, 5) is 12.0. The van der Waals surface area contributed by atoms with Gasteiger partial charge in [0.2, 0.25) is 5.91 Å². The van der Waals surface area contributed by atoms with Crippen molar-refractivity contribution in [2.75, 3.05) is 6.54 Å². The number of benzene rings is 2. The average molecular weight is 362 g/mol. The van der Waals surface area contributed by atoms with E-state index in [1.165, 1.54) is 0 Å². The lowest BCUT2D eigenvalue weighted by molar-refractivity contribution is -0.121. The van der Waals surface area contributed by atoms with E-state index in [9.17, 15) is 4.79 Å². The van der Waals surface area contributed by atoms with Crippen molar-refractivity contribution in [1.29, 1.82) is 0 Å². The zero-order chi connectivity index (χ0) is 16.9. The van der Waals surface area contributed by atoms with Crippen LogP contribution in [0.25, 0.3) is 10.9 Å². The summed E-state index contributed by atoms with van der Waals surface area (Å²) in [5.41, 5.74) is 2.05. The highest BCUT2D eigenvalue weighted by molar-refractivity contribution is 6.35. The molecule has 1 heterocycles. The number of halogens is 2. The van der Waals surface area contributed by atoms with Gasteiger partial charge in [0, 0.05) is 23.4 Å². The number of aromatic nitrogens is 2. The second-order valence-electron chi connectivity index (χ2n) is 5.52. The smallest absolute Gasteiger partial charge is 0.221 e. The minimum Gasteiger partial charge on any atom is -0.356 e. The third-order valence-electron chi connectivity index (χ3n) is 3.81. The number of hydrogen-bond donors (Lipinski definition) is 1. The van der Waals surface area contributed by atoms with E-state index in [1.807, 2.05) is 42.5 Å². The van der Waals surface area contributed by atoms with E-state index in [0.717, 1.165) is 22.9 Å². The monoisotopic (exact) mass is 361 g/mol. The van der Waals surface area contributed by atoms with Gasteiger partial charge in [0.15, 0.2) is 0 Å². The Morgan fingerprint density at radius 3 is 2.83 bits per heavy atom. The van der Waals surface area contributed by atoms with Crippen LogP contribution in [0.1, 0.15) is 12.0 Å². The molecule has 0 atom stereocenters. The Morgan fingerprint density at radius 1 is 1.17 bits per heavy atom. The van der Waals surface area contributed by atoms with Crippen LogP contribution in [0.2, 0.25) is 10.0 Å². The van der Waals surface area contributed by atoms with Crippen molar-refractivity contribution >= 4 is 40.0 Å². The molecular formula is C18H17Cl2N3O. The highest BCUT2D eigenvalue weighted by atomic mass is 35.5. The standard InChI is InChI=1S/C18H17Cl2N3O/c19-14-4-1-3-13(11-14)7-9-21-18(24)8-10-23-17-6-2-5-16(20)15(17)12-22-23/h1-6,11-12H,7-10H2,(H,21,24). The SMILES string of the molecule is O=C(CCn1ncc2c(Cl)cccc21)NCCc1cccc(Cl)c1. The third kappa shape index (κ3) is 4.08. The van der Waals surface area contributed by atoms with Gasteiger partial charge in [0.1, 0.15) is 0 Å². The molecule has 0 aliphatic carbocycles. The Morgan fingerprint density at radius 2 is 2.00 bits per heavy atom. The first-order valence-corrected chi connectivity index (χ1v) is 8.50. The van der Waals surface area contributed by atoms with Crippen molar-refractivity contribution < 1.29 is 4.79 Å². The van der Waals surface area contributed by atoms with Gasteiger partial charge < -0.3 is 5.32 Å². The highest BCUT2D eigenvalue weighted by Crippen LogP contribution is 2.22. The summed E-state index contributed by atoms with van der Waals surface area (Å²) in [5.74, 6) is 0.00251. The Labute approximate surface area is 150 Å². The van der Waals surface area contributed by atoms with Gasteiger partial charge in [-0.05, 0) is 36.2 Å². The van der Waals surface area contributed by atoms with E-state index >= 15 is 0 Å². The van der Waals surface area contributed by atoms with Crippen LogP contribution in [0.3, 0.4) is 0 Å². The zero-order valence-electron chi connectivity index (χ0n) is 13.0. The molecule has 0 fully saturated rings. The maximum absolute atomic E-state index is 12.0. The Kier molecular flexibility index (Phi) is 5.38. The predicted molar refractivity (Wildman–Crippen MR) is 97.5 cm³/mol. The van der Waals surface area contributed by atoms with E-state index in [-0.39, 0.29) is 5.91 Å². The summed E-state index contributed by atoms with van der Waals surface area (Å²) < 4.78 is 1.80. The molecule has 2 aromatic carbocycles. The summed E-state index contributed by atoms with van der Waals surface area (Å²) in [5, 5.41) is 9.51. The van der Waals surface area contributed by atoms with Gasteiger partial charge >= 0.3 is 0 Å². The van der Waals surface area contributed by atoms with E-state index < -0.39 is 0 Å². The van der Waals surface area contributed by atoms with Gasteiger partial charge in [-0.15, -0.1) is 0 Å². The Bertz CT molecular complexity index is 860. The summed E-state index contributed by atoms with van der Waals surface area (Å²) in [7, 11) is 0. The number of hydrogen-bond acceptors (Lipinski definition) is 2. The molecule has 0 bridgehead atoms. The molecule has 124 valence electrons. The molecule has 3 aromatic rings. The molecule has 1 aromatic heterocycles. The average Bonchev–Trinajstić information content (AvgIpc) is 2.98. The third-order valence-corrected chi connectivity index (χ3v) is 4.37. The molecule has 4 nitrogen and oxygen atoms in total. The number of amides is 1. The molecule has 24 heavy (non-hydrogen) atoms. The second kappa shape index (κ2) is 7.69. The second-order valence-corrected chi connectivity index (χ2v) is 6.36. The maximum Gasteiger partial charge on any atom is 0.221 e. The van der Waals surface area contributed by atoms with Crippen molar-refractivity contribution in [2.45, 2.75) is 19.4 Å². The molecule has 1 amide bonds. The zero-order valence-corrected chi connectivity index (χ0v) is 14.5. The number of aryl methyl sites for hydroxylation is 1. The van der Waals surface area contributed by atoms with Crippen molar-refractivity contribution in [3.8, 4) is 0 Å². The van der Waals surface area contributed by atoms with Crippen LogP contribution in [0.15, 0.2) is 48.7 Å². The normalized spacial score (nSPS) is 10.9. The molecule has 0 saturated carbocycles. The van der Waals surface area contributed by atoms with Crippen LogP contribution in [0, 0.1) is 0 Å². The minimum atomic E-state index is 0.00251. The van der Waals surface area contributed by atoms with E-state index in [1.54, 1.807) is 10.9 Å². The largest absolute Gasteiger partial charge is 0.356 e. The summed E-state index contributed by atoms with van der Waals surface area (Å²) in [6.07, 6.45) is 2.86. The van der Waals surface area contributed by atoms with Crippen LogP contribution >= 0.6 is 23.2 Å². The molecule has 6 heteroatoms. The summed E-state index contributed by atoms with van der Waals surface area (Å²) in [6.45, 7) is 1.11. The lowest BCUT2D eigenvalue weighted by Gasteiger charge is -2.07. The number of nitrogens with zero attached hydrogens (tertiary/aromatic N) is 2. The number of rotatable bonds is 6. The van der Waals surface area contributed by atoms with Crippen LogP contribution < -0.4 is 5.32 Å². The molecule has 1 N–H and O–H groups in total. The van der Waals surface area contributed by atoms with Crippen LogP contribution in [-0.2, 0) is 17.8 Å². The quantitative estimate of drug-likeness (QED) is 0.718. The van der Waals surface area contributed by atoms with Crippen LogP contribution in [0.4, 0.5) is 0 Å². The predicted octanol–water partition coefficient (Wildman–Crippen LogP) is 4.09. The number of carbonyl (C=O) groups is 1. The van der Waals surface area contributed by atoms with Crippen molar-refractivity contribution in [1.82, 2.24) is 15.1 Å². The van der Waals surface area contributed by atoms with Crippen LogP contribution in [0.5, 0.6) is 0 Å². The Balaban J connectivity index is 1.49. The van der Waals surface area contributed by atoms with Gasteiger partial charge in [-0.25, -0.2) is 0 Å². The number of carbonyl (C=O) groups excluding carboxylic acids is 1. The Hall–Kier alpha value is -2.04. The van der Waals surface area contributed by atoms with Crippen molar-refractivity contribution in [3.63, 3.8) is 0 Å². The first kappa shape index (κ1) is 16.8. The molecule has 0 saturated heterocycles. The fraction of sp³-hybridized carbons (Fsp3) is 0.222. The van der Waals surface area contributed by atoms with Gasteiger partial charge in [-0.3, -0.25) is 9.48 Å². The van der Waals surface area contributed by atoms with Gasteiger partial charge in [-0.2, -0.15) is 5.10 Å².